The van der Waals surface area contributed by atoms with Crippen molar-refractivity contribution in [3.8, 4) is 0 Å². The summed E-state index contributed by atoms with van der Waals surface area (Å²) in [7, 11) is 3.73. The van der Waals surface area contributed by atoms with Gasteiger partial charge in [0.25, 0.3) is 0 Å². The van der Waals surface area contributed by atoms with Gasteiger partial charge in [-0.1, -0.05) is 0 Å². The van der Waals surface area contributed by atoms with Gasteiger partial charge < -0.3 is 9.88 Å². The fourth-order valence-corrected chi connectivity index (χ4v) is 4.85. The molecule has 2 saturated heterocycles. The lowest BCUT2D eigenvalue weighted by Gasteiger charge is -2.22. The Hall–Kier alpha value is -2.94. The molecule has 0 aliphatic carbocycles. The highest BCUT2D eigenvalue weighted by Gasteiger charge is 2.31. The average molecular weight is 410 g/mol. The van der Waals surface area contributed by atoms with Crippen molar-refractivity contribution >= 4 is 33.9 Å². The Balaban J connectivity index is 1.61. The average Bonchev–Trinajstić information content (AvgIpc) is 3.16. The first-order valence-corrected chi connectivity index (χ1v) is 10.5. The van der Waals surface area contributed by atoms with Crippen molar-refractivity contribution in [3.63, 3.8) is 0 Å². The van der Waals surface area contributed by atoms with Crippen molar-refractivity contribution in [2.75, 3.05) is 13.1 Å². The van der Waals surface area contributed by atoms with Crippen molar-refractivity contribution in [2.24, 2.45) is 20.0 Å². The first kappa shape index (κ1) is 19.0. The number of carbonyl (C=O) groups is 2. The van der Waals surface area contributed by atoms with Crippen molar-refractivity contribution in [1.29, 1.82) is 0 Å². The maximum atomic E-state index is 13.0. The Morgan fingerprint density at radius 3 is 2.50 bits per heavy atom. The molecule has 1 atom stereocenters. The largest absolute Gasteiger partial charge is 0.331 e. The number of aromatic nitrogens is 4. The van der Waals surface area contributed by atoms with Gasteiger partial charge in [0.15, 0.2) is 0 Å². The standard InChI is InChI=1S/C21H26N6O3/c1-25-15-11-16-17(10-13(15)23-18(25)9-12-5-7-22-8-6-12)27(21(30)26(16)2)14-3-4-19(28)24-20(14)29/h10-12,14,22H,3-9H2,1-2H3,(H,24,28,29). The fraction of sp³-hybridized carbons (Fsp3) is 0.524. The van der Waals surface area contributed by atoms with Crippen LogP contribution in [-0.2, 0) is 30.1 Å². The van der Waals surface area contributed by atoms with Gasteiger partial charge in [-0.2, -0.15) is 0 Å². The van der Waals surface area contributed by atoms with E-state index >= 15 is 0 Å². The molecular weight excluding hydrogens is 384 g/mol. The van der Waals surface area contributed by atoms with Crippen LogP contribution in [0.2, 0.25) is 0 Å². The molecule has 2 aliphatic heterocycles. The summed E-state index contributed by atoms with van der Waals surface area (Å²) in [5.74, 6) is 0.952. The summed E-state index contributed by atoms with van der Waals surface area (Å²) in [6.07, 6.45) is 3.79. The molecule has 2 N–H and O–H groups in total. The molecule has 1 aromatic carbocycles. The van der Waals surface area contributed by atoms with Gasteiger partial charge in [-0.3, -0.25) is 24.0 Å². The minimum absolute atomic E-state index is 0.228. The van der Waals surface area contributed by atoms with Crippen LogP contribution in [0.15, 0.2) is 16.9 Å². The van der Waals surface area contributed by atoms with Crippen LogP contribution in [-0.4, -0.2) is 43.6 Å². The Morgan fingerprint density at radius 1 is 1.00 bits per heavy atom. The number of amides is 2. The van der Waals surface area contributed by atoms with Crippen molar-refractivity contribution in [3.05, 3.63) is 28.4 Å². The number of nitrogens with one attached hydrogen (secondary N) is 2. The van der Waals surface area contributed by atoms with E-state index < -0.39 is 11.9 Å². The van der Waals surface area contributed by atoms with Gasteiger partial charge >= 0.3 is 5.69 Å². The molecule has 2 aliphatic rings. The van der Waals surface area contributed by atoms with Crippen LogP contribution < -0.4 is 16.3 Å². The highest BCUT2D eigenvalue weighted by Crippen LogP contribution is 2.28. The van der Waals surface area contributed by atoms with E-state index in [-0.39, 0.29) is 18.0 Å². The number of nitrogens with zero attached hydrogens (tertiary/aromatic N) is 4. The fourth-order valence-electron chi connectivity index (χ4n) is 4.85. The van der Waals surface area contributed by atoms with Crippen LogP contribution in [0.25, 0.3) is 22.1 Å². The van der Waals surface area contributed by atoms with Gasteiger partial charge in [0, 0.05) is 26.9 Å². The second-order valence-electron chi connectivity index (χ2n) is 8.49. The zero-order valence-corrected chi connectivity index (χ0v) is 17.3. The smallest absolute Gasteiger partial charge is 0.329 e. The minimum atomic E-state index is -0.686. The number of imide groups is 1. The number of rotatable bonds is 3. The first-order chi connectivity index (χ1) is 14.4. The first-order valence-electron chi connectivity index (χ1n) is 10.5. The van der Waals surface area contributed by atoms with Crippen LogP contribution in [0.4, 0.5) is 0 Å². The topological polar surface area (TPSA) is 103 Å². The molecule has 0 spiro atoms. The predicted octanol–water partition coefficient (Wildman–Crippen LogP) is 0.747. The van der Waals surface area contributed by atoms with E-state index in [1.165, 1.54) is 4.57 Å². The normalized spacial score (nSPS) is 20.9. The summed E-state index contributed by atoms with van der Waals surface area (Å²) in [4.78, 5) is 41.8. The van der Waals surface area contributed by atoms with Crippen LogP contribution in [0.5, 0.6) is 0 Å². The molecular formula is C21H26N6O3. The third kappa shape index (κ3) is 2.96. The molecule has 4 heterocycles. The van der Waals surface area contributed by atoms with E-state index in [1.54, 1.807) is 11.6 Å². The third-order valence-corrected chi connectivity index (χ3v) is 6.64. The van der Waals surface area contributed by atoms with Gasteiger partial charge in [0.05, 0.1) is 22.1 Å². The molecule has 9 nitrogen and oxygen atoms in total. The second kappa shape index (κ2) is 7.09. The molecule has 0 radical (unpaired) electrons. The van der Waals surface area contributed by atoms with Gasteiger partial charge in [-0.15, -0.1) is 0 Å². The Bertz CT molecular complexity index is 1230. The molecule has 2 aromatic heterocycles. The Morgan fingerprint density at radius 2 is 1.77 bits per heavy atom. The van der Waals surface area contributed by atoms with E-state index in [1.807, 2.05) is 19.2 Å². The van der Waals surface area contributed by atoms with Crippen molar-refractivity contribution in [1.82, 2.24) is 29.3 Å². The SMILES string of the molecule is Cn1c(CC2CCNCC2)nc2cc3c(cc21)n(C)c(=O)n3C1CCC(=O)NC1=O. The number of piperidine rings is 2. The number of hydrogen-bond donors (Lipinski definition) is 2. The number of fused-ring (bicyclic) bond motifs is 2. The van der Waals surface area contributed by atoms with E-state index in [0.29, 0.717) is 17.9 Å². The van der Waals surface area contributed by atoms with Crippen LogP contribution in [0, 0.1) is 5.92 Å². The predicted molar refractivity (Wildman–Crippen MR) is 112 cm³/mol. The quantitative estimate of drug-likeness (QED) is 0.620. The second-order valence-corrected chi connectivity index (χ2v) is 8.49. The molecule has 2 fully saturated rings. The van der Waals surface area contributed by atoms with Crippen LogP contribution >= 0.6 is 0 Å². The summed E-state index contributed by atoms with van der Waals surface area (Å²) in [5, 5.41) is 5.75. The lowest BCUT2D eigenvalue weighted by Crippen LogP contribution is -2.44. The lowest BCUT2D eigenvalue weighted by molar-refractivity contribution is -0.135. The summed E-state index contributed by atoms with van der Waals surface area (Å²) in [6, 6.07) is 3.20. The number of benzene rings is 1. The van der Waals surface area contributed by atoms with Gasteiger partial charge in [0.2, 0.25) is 11.8 Å². The third-order valence-electron chi connectivity index (χ3n) is 6.64. The van der Waals surface area contributed by atoms with E-state index in [4.69, 9.17) is 4.98 Å². The lowest BCUT2D eigenvalue weighted by atomic mass is 9.94. The molecule has 2 amide bonds. The molecule has 3 aromatic rings. The molecule has 0 saturated carbocycles. The summed E-state index contributed by atoms with van der Waals surface area (Å²) >= 11 is 0. The summed E-state index contributed by atoms with van der Waals surface area (Å²) in [5.41, 5.74) is 2.97. The zero-order chi connectivity index (χ0) is 21.0. The molecule has 30 heavy (non-hydrogen) atoms. The number of carbonyl (C=O) groups excluding carboxylic acids is 2. The zero-order valence-electron chi connectivity index (χ0n) is 17.3. The number of aryl methyl sites for hydroxylation is 2. The maximum absolute atomic E-state index is 13.0. The molecule has 158 valence electrons. The monoisotopic (exact) mass is 410 g/mol. The van der Waals surface area contributed by atoms with Gasteiger partial charge in [-0.05, 0) is 50.4 Å². The van der Waals surface area contributed by atoms with Gasteiger partial charge in [-0.25, -0.2) is 9.78 Å². The maximum Gasteiger partial charge on any atom is 0.329 e. The molecule has 1 unspecified atom stereocenters. The number of imidazole rings is 2. The minimum Gasteiger partial charge on any atom is -0.331 e. The van der Waals surface area contributed by atoms with E-state index in [2.05, 4.69) is 15.2 Å². The van der Waals surface area contributed by atoms with Crippen LogP contribution in [0.1, 0.15) is 37.5 Å². The van der Waals surface area contributed by atoms with E-state index in [0.717, 1.165) is 54.7 Å². The number of hydrogen-bond acceptors (Lipinski definition) is 5. The van der Waals surface area contributed by atoms with Crippen LogP contribution in [0.3, 0.4) is 0 Å². The van der Waals surface area contributed by atoms with Gasteiger partial charge in [0.1, 0.15) is 11.9 Å². The molecule has 5 rings (SSSR count). The van der Waals surface area contributed by atoms with Crippen molar-refractivity contribution in [2.45, 2.75) is 38.1 Å². The Kier molecular flexibility index (Phi) is 4.50. The molecule has 0 bridgehead atoms. The molecule has 9 heteroatoms. The summed E-state index contributed by atoms with van der Waals surface area (Å²) < 4.78 is 5.19. The Labute approximate surface area is 173 Å². The van der Waals surface area contributed by atoms with Crippen molar-refractivity contribution < 1.29 is 9.59 Å². The van der Waals surface area contributed by atoms with E-state index in [9.17, 15) is 14.4 Å². The summed E-state index contributed by atoms with van der Waals surface area (Å²) in [6.45, 7) is 2.10. The highest BCUT2D eigenvalue weighted by atomic mass is 16.2. The highest BCUT2D eigenvalue weighted by molar-refractivity contribution is 6.00.